The van der Waals surface area contributed by atoms with Gasteiger partial charge >= 0.3 is 5.97 Å². The molecule has 0 saturated carbocycles. The summed E-state index contributed by atoms with van der Waals surface area (Å²) in [5, 5.41) is 0. The Balaban J connectivity index is 0. The minimum Gasteiger partial charge on any atom is -0.465 e. The van der Waals surface area contributed by atoms with Crippen LogP contribution < -0.4 is 0 Å². The molecule has 2 nitrogen and oxygen atoms in total. The van der Waals surface area contributed by atoms with Crippen LogP contribution in [0.5, 0.6) is 0 Å². The third-order valence-electron chi connectivity index (χ3n) is 1.82. The Bertz CT molecular complexity index is 140. The first-order chi connectivity index (χ1) is 6.16. The van der Waals surface area contributed by atoms with Crippen LogP contribution in [0.4, 0.5) is 0 Å². The van der Waals surface area contributed by atoms with Crippen LogP contribution in [0.3, 0.4) is 0 Å². The predicted molar refractivity (Wildman–Crippen MR) is 58.1 cm³/mol. The van der Waals surface area contributed by atoms with Gasteiger partial charge in [-0.1, -0.05) is 33.1 Å². The van der Waals surface area contributed by atoms with E-state index in [1.54, 1.807) is 0 Å². The summed E-state index contributed by atoms with van der Waals surface area (Å²) >= 11 is 3.81. The zero-order valence-electron chi connectivity index (χ0n) is 9.08. The van der Waals surface area contributed by atoms with Crippen LogP contribution >= 0.6 is 12.6 Å². The van der Waals surface area contributed by atoms with Crippen molar-refractivity contribution in [1.29, 1.82) is 0 Å². The fourth-order valence-corrected chi connectivity index (χ4v) is 1.15. The number of unbranched alkanes of at least 4 members (excludes halogenated alkanes) is 2. The Kier molecular flexibility index (Phi) is 15.4. The summed E-state index contributed by atoms with van der Waals surface area (Å²) in [6.07, 6.45) is 4.63. The molecule has 0 bridgehead atoms. The van der Waals surface area contributed by atoms with Crippen molar-refractivity contribution < 1.29 is 51.3 Å². The van der Waals surface area contributed by atoms with E-state index in [1.807, 2.05) is 0 Å². The summed E-state index contributed by atoms with van der Waals surface area (Å²) in [5.74, 6) is 0.749. The summed E-state index contributed by atoms with van der Waals surface area (Å²) in [5.41, 5.74) is 0. The minimum absolute atomic E-state index is 0. The van der Waals surface area contributed by atoms with Gasteiger partial charge in [-0.15, -0.1) is 0 Å². The number of hydrogen-bond acceptors (Lipinski definition) is 3. The molecular formula is C10H20CeO2S. The van der Waals surface area contributed by atoms with Crippen LogP contribution in [0.15, 0.2) is 0 Å². The van der Waals surface area contributed by atoms with Crippen LogP contribution in [-0.2, 0) is 9.53 Å². The van der Waals surface area contributed by atoms with E-state index in [4.69, 9.17) is 4.74 Å². The average molecular weight is 344 g/mol. The van der Waals surface area contributed by atoms with E-state index >= 15 is 0 Å². The van der Waals surface area contributed by atoms with Gasteiger partial charge in [0, 0.05) is 41.7 Å². The van der Waals surface area contributed by atoms with E-state index in [0.29, 0.717) is 6.61 Å². The van der Waals surface area contributed by atoms with Crippen molar-refractivity contribution in [3.8, 4) is 0 Å². The van der Waals surface area contributed by atoms with Crippen molar-refractivity contribution in [3.63, 3.8) is 0 Å². The fourth-order valence-electron chi connectivity index (χ4n) is 1.06. The second-order valence-electron chi connectivity index (χ2n) is 3.62. The van der Waals surface area contributed by atoms with Crippen molar-refractivity contribution in [2.75, 3.05) is 12.4 Å². The molecule has 0 aromatic heterocycles. The number of ether oxygens (including phenoxy) is 1. The largest absolute Gasteiger partial charge is 0.465 e. The number of rotatable bonds is 7. The zero-order valence-corrected chi connectivity index (χ0v) is 13.1. The first-order valence-corrected chi connectivity index (χ1v) is 5.56. The number of carbonyl (C=O) groups is 1. The van der Waals surface area contributed by atoms with E-state index in [9.17, 15) is 4.79 Å². The molecule has 4 heteroatoms. The van der Waals surface area contributed by atoms with Gasteiger partial charge in [0.2, 0.25) is 0 Å². The molecule has 0 atom stereocenters. The molecule has 0 spiro atoms. The molecule has 0 heterocycles. The van der Waals surface area contributed by atoms with Gasteiger partial charge in [-0.2, -0.15) is 12.6 Å². The van der Waals surface area contributed by atoms with Gasteiger partial charge in [0.15, 0.2) is 0 Å². The Morgan fingerprint density at radius 2 is 1.93 bits per heavy atom. The van der Waals surface area contributed by atoms with Crippen molar-refractivity contribution in [1.82, 2.24) is 0 Å². The van der Waals surface area contributed by atoms with Gasteiger partial charge in [0.05, 0.1) is 12.4 Å². The van der Waals surface area contributed by atoms with E-state index in [-0.39, 0.29) is 53.5 Å². The maximum Gasteiger partial charge on any atom is 0.315 e. The van der Waals surface area contributed by atoms with E-state index < -0.39 is 0 Å². The SMILES string of the molecule is CC(C)CCCCCOC(=O)CS.[Ce]. The molecule has 14 heavy (non-hydrogen) atoms. The van der Waals surface area contributed by atoms with Crippen LogP contribution in [0.1, 0.15) is 39.5 Å². The molecule has 0 amide bonds. The van der Waals surface area contributed by atoms with E-state index in [1.165, 1.54) is 12.8 Å². The zero-order chi connectivity index (χ0) is 10.1. The van der Waals surface area contributed by atoms with Gasteiger partial charge in [-0.25, -0.2) is 0 Å². The molecule has 0 aliphatic carbocycles. The number of thiol groups is 1. The number of carbonyl (C=O) groups excluding carboxylic acids is 1. The molecule has 0 N–H and O–H groups in total. The second-order valence-corrected chi connectivity index (χ2v) is 3.94. The Labute approximate surface area is 126 Å². The Morgan fingerprint density at radius 1 is 1.29 bits per heavy atom. The molecular weight excluding hydrogens is 324 g/mol. The quantitative estimate of drug-likeness (QED) is 0.437. The Morgan fingerprint density at radius 3 is 2.43 bits per heavy atom. The molecule has 82 valence electrons. The maximum absolute atomic E-state index is 10.7. The molecule has 0 aliphatic heterocycles. The van der Waals surface area contributed by atoms with Crippen molar-refractivity contribution in [2.45, 2.75) is 39.5 Å². The molecule has 0 aromatic rings. The summed E-state index contributed by atoms with van der Waals surface area (Å²) < 4.78 is 4.88. The molecule has 0 radical (unpaired) electrons. The van der Waals surface area contributed by atoms with Gasteiger partial charge in [0.25, 0.3) is 0 Å². The van der Waals surface area contributed by atoms with Gasteiger partial charge in [-0.05, 0) is 12.3 Å². The van der Waals surface area contributed by atoms with Crippen LogP contribution in [0, 0.1) is 47.7 Å². The number of hydrogen-bond donors (Lipinski definition) is 1. The molecule has 0 rings (SSSR count). The monoisotopic (exact) mass is 344 g/mol. The topological polar surface area (TPSA) is 26.3 Å². The first kappa shape index (κ1) is 17.6. The third-order valence-corrected chi connectivity index (χ3v) is 2.08. The normalized spacial score (nSPS) is 9.71. The number of esters is 1. The smallest absolute Gasteiger partial charge is 0.315 e. The first-order valence-electron chi connectivity index (χ1n) is 4.93. The summed E-state index contributed by atoms with van der Waals surface area (Å²) in [7, 11) is 0. The van der Waals surface area contributed by atoms with Gasteiger partial charge in [0.1, 0.15) is 0 Å². The second kappa shape index (κ2) is 12.3. The Hall–Kier alpha value is 1.20. The summed E-state index contributed by atoms with van der Waals surface area (Å²) in [6, 6.07) is 0. The molecule has 0 fully saturated rings. The summed E-state index contributed by atoms with van der Waals surface area (Å²) in [6.45, 7) is 5.00. The van der Waals surface area contributed by atoms with E-state index in [2.05, 4.69) is 26.5 Å². The van der Waals surface area contributed by atoms with Crippen molar-refractivity contribution in [3.05, 3.63) is 0 Å². The predicted octanol–water partition coefficient (Wildman–Crippen LogP) is 2.68. The molecule has 0 unspecified atom stereocenters. The van der Waals surface area contributed by atoms with Crippen molar-refractivity contribution >= 4 is 18.6 Å². The fraction of sp³-hybridized carbons (Fsp3) is 0.900. The van der Waals surface area contributed by atoms with Gasteiger partial charge < -0.3 is 4.74 Å². The third kappa shape index (κ3) is 13.2. The van der Waals surface area contributed by atoms with Crippen LogP contribution in [0.2, 0.25) is 0 Å². The molecule has 0 aromatic carbocycles. The molecule has 0 aliphatic rings. The summed E-state index contributed by atoms with van der Waals surface area (Å²) in [4.78, 5) is 10.7. The van der Waals surface area contributed by atoms with Crippen LogP contribution in [0.25, 0.3) is 0 Å². The average Bonchev–Trinajstić information content (AvgIpc) is 2.10. The van der Waals surface area contributed by atoms with Crippen LogP contribution in [-0.4, -0.2) is 18.3 Å². The van der Waals surface area contributed by atoms with Gasteiger partial charge in [-0.3, -0.25) is 4.79 Å². The van der Waals surface area contributed by atoms with Crippen molar-refractivity contribution in [2.24, 2.45) is 5.92 Å². The standard InChI is InChI=1S/C10H20O2S.Ce/c1-9(2)6-4-3-5-7-12-10(11)8-13;/h9,13H,3-8H2,1-2H3;. The maximum atomic E-state index is 10.7. The molecule has 0 saturated heterocycles. The minimum atomic E-state index is -0.216. The van der Waals surface area contributed by atoms with E-state index in [0.717, 1.165) is 18.8 Å².